The third-order valence-electron chi connectivity index (χ3n) is 4.23. The molecular weight excluding hydrogens is 397 g/mol. The first kappa shape index (κ1) is 18.3. The number of amides is 1. The van der Waals surface area contributed by atoms with Crippen molar-refractivity contribution in [3.63, 3.8) is 0 Å². The Morgan fingerprint density at radius 1 is 1.04 bits per heavy atom. The maximum Gasteiger partial charge on any atom is 0.267 e. The Labute approximate surface area is 170 Å². The SMILES string of the molecule is O=C(NCc1ccncc1)c1cc(-c2[nH]ncc2-c2cc(Cl)cc(Cl)c2)c[nH]1. The van der Waals surface area contributed by atoms with Gasteiger partial charge in [-0.05, 0) is 47.5 Å². The molecule has 0 radical (unpaired) electrons. The van der Waals surface area contributed by atoms with Gasteiger partial charge in [-0.2, -0.15) is 5.10 Å². The lowest BCUT2D eigenvalue weighted by Gasteiger charge is -2.04. The molecule has 140 valence electrons. The standard InChI is InChI=1S/C20H15Cl2N5O/c21-15-5-13(6-16(22)8-15)17-11-26-27-19(17)14-7-18(24-10-14)20(28)25-9-12-1-3-23-4-2-12/h1-8,10-11,24H,9H2,(H,25,28)(H,26,27). The van der Waals surface area contributed by atoms with Gasteiger partial charge in [0.1, 0.15) is 5.69 Å². The fourth-order valence-electron chi connectivity index (χ4n) is 2.88. The molecule has 0 aliphatic carbocycles. The van der Waals surface area contributed by atoms with E-state index in [1.54, 1.807) is 36.9 Å². The zero-order valence-corrected chi connectivity index (χ0v) is 16.1. The Hall–Kier alpha value is -3.09. The molecule has 0 bridgehead atoms. The van der Waals surface area contributed by atoms with E-state index in [-0.39, 0.29) is 5.91 Å². The molecule has 0 saturated heterocycles. The minimum absolute atomic E-state index is 0.199. The van der Waals surface area contributed by atoms with Gasteiger partial charge < -0.3 is 10.3 Å². The highest BCUT2D eigenvalue weighted by Gasteiger charge is 2.15. The van der Waals surface area contributed by atoms with Crippen LogP contribution < -0.4 is 5.32 Å². The van der Waals surface area contributed by atoms with E-state index in [9.17, 15) is 4.79 Å². The van der Waals surface area contributed by atoms with Crippen LogP contribution in [0.5, 0.6) is 0 Å². The summed E-state index contributed by atoms with van der Waals surface area (Å²) < 4.78 is 0. The maximum atomic E-state index is 12.4. The van der Waals surface area contributed by atoms with Crippen LogP contribution in [0.3, 0.4) is 0 Å². The Kier molecular flexibility index (Phi) is 5.14. The summed E-state index contributed by atoms with van der Waals surface area (Å²) in [6.07, 6.45) is 6.84. The lowest BCUT2D eigenvalue weighted by molar-refractivity contribution is 0.0946. The molecule has 6 nitrogen and oxygen atoms in total. The van der Waals surface area contributed by atoms with Crippen LogP contribution in [0.2, 0.25) is 10.0 Å². The first-order chi connectivity index (χ1) is 13.6. The number of hydrogen-bond donors (Lipinski definition) is 3. The smallest absolute Gasteiger partial charge is 0.267 e. The quantitative estimate of drug-likeness (QED) is 0.444. The van der Waals surface area contributed by atoms with Gasteiger partial charge in [0.15, 0.2) is 0 Å². The summed E-state index contributed by atoms with van der Waals surface area (Å²) in [6.45, 7) is 0.423. The number of pyridine rings is 1. The predicted octanol–water partition coefficient (Wildman–Crippen LogP) is 4.70. The second-order valence-corrected chi connectivity index (χ2v) is 7.03. The Bertz CT molecular complexity index is 1100. The monoisotopic (exact) mass is 411 g/mol. The number of carbonyl (C=O) groups is 1. The number of aromatic nitrogens is 4. The molecule has 1 aromatic carbocycles. The zero-order valence-electron chi connectivity index (χ0n) is 14.5. The van der Waals surface area contributed by atoms with Crippen molar-refractivity contribution in [2.24, 2.45) is 0 Å². The van der Waals surface area contributed by atoms with Crippen molar-refractivity contribution in [1.29, 1.82) is 0 Å². The van der Waals surface area contributed by atoms with Crippen LogP contribution in [-0.2, 0) is 6.54 Å². The average Bonchev–Trinajstić information content (AvgIpc) is 3.35. The van der Waals surface area contributed by atoms with Crippen LogP contribution in [0.25, 0.3) is 22.4 Å². The second kappa shape index (κ2) is 7.88. The van der Waals surface area contributed by atoms with Crippen molar-refractivity contribution in [3.8, 4) is 22.4 Å². The molecule has 1 amide bonds. The number of benzene rings is 1. The van der Waals surface area contributed by atoms with E-state index in [4.69, 9.17) is 23.2 Å². The van der Waals surface area contributed by atoms with Gasteiger partial charge >= 0.3 is 0 Å². The summed E-state index contributed by atoms with van der Waals surface area (Å²) in [6, 6.07) is 10.8. The summed E-state index contributed by atoms with van der Waals surface area (Å²) in [5, 5.41) is 11.1. The first-order valence-corrected chi connectivity index (χ1v) is 9.21. The van der Waals surface area contributed by atoms with Gasteiger partial charge in [-0.1, -0.05) is 23.2 Å². The molecule has 28 heavy (non-hydrogen) atoms. The van der Waals surface area contributed by atoms with Gasteiger partial charge in [0.05, 0.1) is 11.9 Å². The molecule has 0 aliphatic rings. The normalized spacial score (nSPS) is 10.8. The minimum Gasteiger partial charge on any atom is -0.357 e. The number of aromatic amines is 2. The van der Waals surface area contributed by atoms with Crippen molar-refractivity contribution >= 4 is 29.1 Å². The number of H-pyrrole nitrogens is 2. The van der Waals surface area contributed by atoms with Crippen molar-refractivity contribution in [2.45, 2.75) is 6.54 Å². The number of rotatable bonds is 5. The summed E-state index contributed by atoms with van der Waals surface area (Å²) in [5.41, 5.74) is 4.68. The Balaban J connectivity index is 1.55. The van der Waals surface area contributed by atoms with E-state index in [1.807, 2.05) is 24.3 Å². The lowest BCUT2D eigenvalue weighted by Crippen LogP contribution is -2.22. The van der Waals surface area contributed by atoms with E-state index in [0.717, 1.165) is 27.9 Å². The van der Waals surface area contributed by atoms with Gasteiger partial charge in [0.2, 0.25) is 0 Å². The first-order valence-electron chi connectivity index (χ1n) is 8.46. The predicted molar refractivity (Wildman–Crippen MR) is 109 cm³/mol. The molecule has 0 unspecified atom stereocenters. The summed E-state index contributed by atoms with van der Waals surface area (Å²) in [4.78, 5) is 19.4. The fourth-order valence-corrected chi connectivity index (χ4v) is 3.41. The molecule has 0 atom stereocenters. The number of nitrogens with one attached hydrogen (secondary N) is 3. The van der Waals surface area contributed by atoms with Crippen molar-refractivity contribution in [1.82, 2.24) is 25.5 Å². The molecule has 3 aromatic heterocycles. The highest BCUT2D eigenvalue weighted by molar-refractivity contribution is 6.35. The van der Waals surface area contributed by atoms with Gasteiger partial charge in [-0.3, -0.25) is 14.9 Å². The number of halogens is 2. The Morgan fingerprint density at radius 2 is 1.79 bits per heavy atom. The molecule has 0 aliphatic heterocycles. The van der Waals surface area contributed by atoms with Gasteiger partial charge in [-0.25, -0.2) is 0 Å². The molecule has 0 saturated carbocycles. The summed E-state index contributed by atoms with van der Waals surface area (Å²) >= 11 is 12.2. The molecule has 3 N–H and O–H groups in total. The van der Waals surface area contributed by atoms with E-state index in [1.165, 1.54) is 0 Å². The molecule has 4 aromatic rings. The van der Waals surface area contributed by atoms with Crippen LogP contribution >= 0.6 is 23.2 Å². The zero-order chi connectivity index (χ0) is 19.5. The van der Waals surface area contributed by atoms with Crippen molar-refractivity contribution < 1.29 is 4.79 Å². The van der Waals surface area contributed by atoms with Crippen LogP contribution in [0.4, 0.5) is 0 Å². The van der Waals surface area contributed by atoms with Crippen LogP contribution in [0.15, 0.2) is 61.2 Å². The van der Waals surface area contributed by atoms with Crippen LogP contribution in [-0.4, -0.2) is 26.1 Å². The van der Waals surface area contributed by atoms with Crippen LogP contribution in [0.1, 0.15) is 16.1 Å². The van der Waals surface area contributed by atoms with E-state index >= 15 is 0 Å². The van der Waals surface area contributed by atoms with Gasteiger partial charge in [0.25, 0.3) is 5.91 Å². The molecule has 0 fully saturated rings. The Morgan fingerprint density at radius 3 is 2.54 bits per heavy atom. The highest BCUT2D eigenvalue weighted by Crippen LogP contribution is 2.33. The van der Waals surface area contributed by atoms with Crippen LogP contribution in [0, 0.1) is 0 Å². The van der Waals surface area contributed by atoms with Crippen molar-refractivity contribution in [3.05, 3.63) is 82.5 Å². The van der Waals surface area contributed by atoms with Crippen molar-refractivity contribution in [2.75, 3.05) is 0 Å². The minimum atomic E-state index is -0.199. The number of nitrogens with zero attached hydrogens (tertiary/aromatic N) is 2. The molecule has 3 heterocycles. The third-order valence-corrected chi connectivity index (χ3v) is 4.67. The second-order valence-electron chi connectivity index (χ2n) is 6.16. The van der Waals surface area contributed by atoms with Gasteiger partial charge in [-0.15, -0.1) is 0 Å². The largest absolute Gasteiger partial charge is 0.357 e. The molecule has 0 spiro atoms. The van der Waals surface area contributed by atoms with Gasteiger partial charge in [0, 0.05) is 46.3 Å². The summed E-state index contributed by atoms with van der Waals surface area (Å²) in [7, 11) is 0. The summed E-state index contributed by atoms with van der Waals surface area (Å²) in [5.74, 6) is -0.199. The number of carbonyl (C=O) groups excluding carboxylic acids is 1. The third kappa shape index (κ3) is 3.93. The fraction of sp³-hybridized carbons (Fsp3) is 0.0500. The van der Waals surface area contributed by atoms with E-state index in [0.29, 0.717) is 22.3 Å². The molecule has 4 rings (SSSR count). The highest BCUT2D eigenvalue weighted by atomic mass is 35.5. The topological polar surface area (TPSA) is 86.5 Å². The molecular formula is C20H15Cl2N5O. The lowest BCUT2D eigenvalue weighted by atomic mass is 10.0. The van der Waals surface area contributed by atoms with E-state index < -0.39 is 0 Å². The van der Waals surface area contributed by atoms with E-state index in [2.05, 4.69) is 25.5 Å². The average molecular weight is 412 g/mol. The molecule has 8 heteroatoms. The number of hydrogen-bond acceptors (Lipinski definition) is 3. The maximum absolute atomic E-state index is 12.4.